The van der Waals surface area contributed by atoms with Crippen molar-refractivity contribution in [1.82, 2.24) is 4.90 Å². The number of ether oxygens (including phenoxy) is 1. The van der Waals surface area contributed by atoms with Crippen LogP contribution in [0.25, 0.3) is 0 Å². The Morgan fingerprint density at radius 3 is 2.42 bits per heavy atom. The van der Waals surface area contributed by atoms with E-state index in [-0.39, 0.29) is 5.91 Å². The number of hydrogen-bond acceptors (Lipinski definition) is 3. The minimum absolute atomic E-state index is 0.0506. The molecule has 4 nitrogen and oxygen atoms in total. The van der Waals surface area contributed by atoms with Gasteiger partial charge in [-0.15, -0.1) is 0 Å². The molecule has 0 aromatic heterocycles. The van der Waals surface area contributed by atoms with E-state index in [1.165, 1.54) is 11.1 Å². The Hall–Kier alpha value is -3.11. The SMILES string of the molecule is Cc1ccc(OCCN2CCC2(C)C(=O)Nc2ccccc2Cc2ccccc2)cc1. The summed E-state index contributed by atoms with van der Waals surface area (Å²) in [7, 11) is 0. The van der Waals surface area contributed by atoms with Gasteiger partial charge in [0.15, 0.2) is 0 Å². The Balaban J connectivity index is 1.36. The molecule has 4 rings (SSSR count). The number of nitrogens with one attached hydrogen (secondary N) is 1. The summed E-state index contributed by atoms with van der Waals surface area (Å²) in [6, 6.07) is 26.5. The lowest BCUT2D eigenvalue weighted by Gasteiger charge is -2.49. The fraction of sp³-hybridized carbons (Fsp3) is 0.296. The zero-order chi connectivity index (χ0) is 21.7. The van der Waals surface area contributed by atoms with Gasteiger partial charge in [0.05, 0.1) is 5.54 Å². The number of anilines is 1. The monoisotopic (exact) mass is 414 g/mol. The van der Waals surface area contributed by atoms with Crippen LogP contribution in [-0.4, -0.2) is 36.0 Å². The van der Waals surface area contributed by atoms with Crippen LogP contribution in [0.15, 0.2) is 78.9 Å². The molecule has 1 fully saturated rings. The molecule has 31 heavy (non-hydrogen) atoms. The van der Waals surface area contributed by atoms with Crippen molar-refractivity contribution in [3.63, 3.8) is 0 Å². The van der Waals surface area contributed by atoms with Crippen LogP contribution in [-0.2, 0) is 11.2 Å². The first kappa shape index (κ1) is 21.1. The summed E-state index contributed by atoms with van der Waals surface area (Å²) >= 11 is 0. The number of amides is 1. The third-order valence-electron chi connectivity index (χ3n) is 6.21. The van der Waals surface area contributed by atoms with Crippen LogP contribution in [0.3, 0.4) is 0 Å². The van der Waals surface area contributed by atoms with Crippen LogP contribution in [0.4, 0.5) is 5.69 Å². The average Bonchev–Trinajstić information content (AvgIpc) is 2.78. The highest BCUT2D eigenvalue weighted by molar-refractivity contribution is 5.99. The van der Waals surface area contributed by atoms with E-state index in [4.69, 9.17) is 4.74 Å². The number of para-hydroxylation sites is 1. The minimum Gasteiger partial charge on any atom is -0.492 e. The van der Waals surface area contributed by atoms with Crippen molar-refractivity contribution in [1.29, 1.82) is 0 Å². The maximum atomic E-state index is 13.2. The predicted molar refractivity (Wildman–Crippen MR) is 126 cm³/mol. The minimum atomic E-state index is -0.503. The standard InChI is InChI=1S/C27H30N2O2/c1-21-12-14-24(15-13-21)31-19-18-29-17-16-27(29,2)26(30)28-25-11-7-6-10-23(25)20-22-8-4-3-5-9-22/h3-15H,16-20H2,1-2H3,(H,28,30). The highest BCUT2D eigenvalue weighted by Crippen LogP contribution is 2.32. The molecule has 1 saturated heterocycles. The molecule has 1 amide bonds. The second-order valence-electron chi connectivity index (χ2n) is 8.45. The van der Waals surface area contributed by atoms with E-state index in [1.54, 1.807) is 0 Å². The van der Waals surface area contributed by atoms with Crippen molar-refractivity contribution >= 4 is 11.6 Å². The van der Waals surface area contributed by atoms with E-state index >= 15 is 0 Å². The van der Waals surface area contributed by atoms with Gasteiger partial charge in [-0.05, 0) is 56.0 Å². The van der Waals surface area contributed by atoms with Crippen LogP contribution in [0.2, 0.25) is 0 Å². The van der Waals surface area contributed by atoms with E-state index in [1.807, 2.05) is 67.6 Å². The second-order valence-corrected chi connectivity index (χ2v) is 8.45. The maximum absolute atomic E-state index is 13.2. The quantitative estimate of drug-likeness (QED) is 0.560. The molecule has 3 aromatic rings. The van der Waals surface area contributed by atoms with E-state index in [9.17, 15) is 4.79 Å². The lowest BCUT2D eigenvalue weighted by atomic mass is 9.85. The highest BCUT2D eigenvalue weighted by atomic mass is 16.5. The van der Waals surface area contributed by atoms with Crippen molar-refractivity contribution in [3.05, 3.63) is 95.6 Å². The number of rotatable bonds is 8. The van der Waals surface area contributed by atoms with Crippen molar-refractivity contribution < 1.29 is 9.53 Å². The Kier molecular flexibility index (Phi) is 6.38. The number of likely N-dealkylation sites (tertiary alicyclic amines) is 1. The molecule has 0 radical (unpaired) electrons. The van der Waals surface area contributed by atoms with Gasteiger partial charge in [-0.25, -0.2) is 0 Å². The lowest BCUT2D eigenvalue weighted by Crippen LogP contribution is -2.65. The van der Waals surface area contributed by atoms with Gasteiger partial charge >= 0.3 is 0 Å². The van der Waals surface area contributed by atoms with Gasteiger partial charge in [0, 0.05) is 18.8 Å². The summed E-state index contributed by atoms with van der Waals surface area (Å²) in [4.78, 5) is 15.4. The first-order valence-electron chi connectivity index (χ1n) is 10.9. The second kappa shape index (κ2) is 9.36. The fourth-order valence-electron chi connectivity index (χ4n) is 4.00. The molecule has 4 heteroatoms. The highest BCUT2D eigenvalue weighted by Gasteiger charge is 2.46. The average molecular weight is 415 g/mol. The number of nitrogens with zero attached hydrogens (tertiary/aromatic N) is 1. The van der Waals surface area contributed by atoms with Crippen LogP contribution < -0.4 is 10.1 Å². The van der Waals surface area contributed by atoms with Gasteiger partial charge in [-0.3, -0.25) is 9.69 Å². The summed E-state index contributed by atoms with van der Waals surface area (Å²) in [6.07, 6.45) is 1.65. The topological polar surface area (TPSA) is 41.6 Å². The van der Waals surface area contributed by atoms with Crippen molar-refractivity contribution in [2.45, 2.75) is 32.2 Å². The van der Waals surface area contributed by atoms with Gasteiger partial charge in [-0.2, -0.15) is 0 Å². The van der Waals surface area contributed by atoms with Crippen LogP contribution in [0, 0.1) is 6.92 Å². The first-order chi connectivity index (χ1) is 15.0. The van der Waals surface area contributed by atoms with Gasteiger partial charge in [0.1, 0.15) is 12.4 Å². The van der Waals surface area contributed by atoms with Gasteiger partial charge in [-0.1, -0.05) is 66.2 Å². The molecule has 0 saturated carbocycles. The third kappa shape index (κ3) is 4.97. The summed E-state index contributed by atoms with van der Waals surface area (Å²) in [6.45, 7) is 6.29. The molecule has 1 unspecified atom stereocenters. The Morgan fingerprint density at radius 1 is 1.00 bits per heavy atom. The molecule has 1 aliphatic rings. The molecular formula is C27H30N2O2. The molecule has 3 aromatic carbocycles. The maximum Gasteiger partial charge on any atom is 0.244 e. The van der Waals surface area contributed by atoms with Crippen molar-refractivity contribution in [2.24, 2.45) is 0 Å². The smallest absolute Gasteiger partial charge is 0.244 e. The van der Waals surface area contributed by atoms with Gasteiger partial charge < -0.3 is 10.1 Å². The van der Waals surface area contributed by atoms with E-state index in [0.717, 1.165) is 42.9 Å². The summed E-state index contributed by atoms with van der Waals surface area (Å²) in [5, 5.41) is 3.20. The Labute approximate surface area is 184 Å². The molecule has 0 spiro atoms. The molecule has 0 bridgehead atoms. The predicted octanol–water partition coefficient (Wildman–Crippen LogP) is 5.07. The van der Waals surface area contributed by atoms with E-state index in [2.05, 4.69) is 35.3 Å². The first-order valence-corrected chi connectivity index (χ1v) is 10.9. The van der Waals surface area contributed by atoms with Gasteiger partial charge in [0.25, 0.3) is 0 Å². The Morgan fingerprint density at radius 2 is 1.71 bits per heavy atom. The third-order valence-corrected chi connectivity index (χ3v) is 6.21. The Bertz CT molecular complexity index is 1020. The fourth-order valence-corrected chi connectivity index (χ4v) is 4.00. The normalized spacial score (nSPS) is 18.3. The zero-order valence-electron chi connectivity index (χ0n) is 18.3. The molecule has 1 atom stereocenters. The summed E-state index contributed by atoms with van der Waals surface area (Å²) in [5.74, 6) is 0.918. The van der Waals surface area contributed by atoms with Crippen LogP contribution >= 0.6 is 0 Å². The van der Waals surface area contributed by atoms with E-state index < -0.39 is 5.54 Å². The van der Waals surface area contributed by atoms with Crippen LogP contribution in [0.5, 0.6) is 5.75 Å². The van der Waals surface area contributed by atoms with Crippen molar-refractivity contribution in [3.8, 4) is 5.75 Å². The number of hydrogen-bond donors (Lipinski definition) is 1. The molecular weight excluding hydrogens is 384 g/mol. The number of benzene rings is 3. The van der Waals surface area contributed by atoms with E-state index in [0.29, 0.717) is 6.61 Å². The summed E-state index contributed by atoms with van der Waals surface area (Å²) < 4.78 is 5.87. The molecule has 0 aliphatic carbocycles. The molecule has 1 N–H and O–H groups in total. The molecule has 1 heterocycles. The van der Waals surface area contributed by atoms with Crippen LogP contribution in [0.1, 0.15) is 30.0 Å². The lowest BCUT2D eigenvalue weighted by molar-refractivity contribution is -0.135. The number of carbonyl (C=O) groups is 1. The molecule has 1 aliphatic heterocycles. The number of aryl methyl sites for hydroxylation is 1. The van der Waals surface area contributed by atoms with Crippen molar-refractivity contribution in [2.75, 3.05) is 25.0 Å². The number of carbonyl (C=O) groups excluding carboxylic acids is 1. The largest absolute Gasteiger partial charge is 0.492 e. The zero-order valence-corrected chi connectivity index (χ0v) is 18.3. The van der Waals surface area contributed by atoms with Gasteiger partial charge in [0.2, 0.25) is 5.91 Å². The molecule has 160 valence electrons. The summed E-state index contributed by atoms with van der Waals surface area (Å²) in [5.41, 5.74) is 3.96.